The highest BCUT2D eigenvalue weighted by Gasteiger charge is 2.46. The van der Waals surface area contributed by atoms with Crippen molar-refractivity contribution in [1.82, 2.24) is 34.9 Å². The summed E-state index contributed by atoms with van der Waals surface area (Å²) in [7, 11) is 4.68. The summed E-state index contributed by atoms with van der Waals surface area (Å²) in [5.74, 6) is 0.309. The van der Waals surface area contributed by atoms with Crippen LogP contribution in [0.4, 0.5) is 29.5 Å². The molecule has 0 radical (unpaired) electrons. The van der Waals surface area contributed by atoms with Crippen molar-refractivity contribution in [3.05, 3.63) is 92.5 Å². The van der Waals surface area contributed by atoms with Crippen LogP contribution in [-0.2, 0) is 24.4 Å². The van der Waals surface area contributed by atoms with Crippen molar-refractivity contribution in [1.29, 1.82) is 0 Å². The van der Waals surface area contributed by atoms with E-state index in [2.05, 4.69) is 31.7 Å². The Hall–Kier alpha value is -5.25. The molecule has 5 heterocycles. The molecule has 3 aromatic heterocycles. The lowest BCUT2D eigenvalue weighted by Gasteiger charge is -2.40. The number of rotatable bonds is 9. The number of aromatic nitrogens is 4. The molecule has 1 aliphatic carbocycles. The summed E-state index contributed by atoms with van der Waals surface area (Å²) in [6, 6.07) is 14.0. The van der Waals surface area contributed by atoms with Gasteiger partial charge in [0.1, 0.15) is 11.5 Å². The SMILES string of the molecule is COCCN1CC[C@]2(CCN([C@H]3CCc4cc(-c5cccc(-c6cccc(Nc7nc(C(F)(F)F)cc8cnn(C)c(=O)c78)c6C)c5Cl)nc(OC)c43)C2)NC1=O. The molecule has 2 fully saturated rings. The molecular formula is C41H42ClF3N8O4. The Labute approximate surface area is 331 Å². The van der Waals surface area contributed by atoms with Gasteiger partial charge >= 0.3 is 12.2 Å². The Bertz CT molecular complexity index is 2460. The number of amides is 2. The highest BCUT2D eigenvalue weighted by molar-refractivity contribution is 6.36. The molecule has 2 N–H and O–H groups in total. The number of halogens is 4. The van der Waals surface area contributed by atoms with Crippen LogP contribution >= 0.6 is 11.6 Å². The zero-order valence-electron chi connectivity index (χ0n) is 32.0. The van der Waals surface area contributed by atoms with Crippen LogP contribution in [0.5, 0.6) is 5.88 Å². The number of alkyl halides is 3. The molecule has 2 aromatic carbocycles. The lowest BCUT2D eigenvalue weighted by Crippen LogP contribution is -2.61. The first-order valence-corrected chi connectivity index (χ1v) is 19.2. The molecule has 2 aliphatic heterocycles. The van der Waals surface area contributed by atoms with E-state index >= 15 is 0 Å². The quantitative estimate of drug-likeness (QED) is 0.158. The van der Waals surface area contributed by atoms with Crippen molar-refractivity contribution in [2.24, 2.45) is 7.05 Å². The Kier molecular flexibility index (Phi) is 10.1. The lowest BCUT2D eigenvalue weighted by atomic mass is 9.92. The predicted molar refractivity (Wildman–Crippen MR) is 211 cm³/mol. The zero-order valence-corrected chi connectivity index (χ0v) is 32.7. The van der Waals surface area contributed by atoms with Crippen molar-refractivity contribution in [2.45, 2.75) is 50.4 Å². The van der Waals surface area contributed by atoms with Crippen LogP contribution in [0.3, 0.4) is 0 Å². The fourth-order valence-corrected chi connectivity index (χ4v) is 8.89. The maximum atomic E-state index is 13.9. The van der Waals surface area contributed by atoms with E-state index in [1.165, 1.54) is 13.2 Å². The van der Waals surface area contributed by atoms with Crippen LogP contribution in [0.2, 0.25) is 5.02 Å². The van der Waals surface area contributed by atoms with Gasteiger partial charge in [0.25, 0.3) is 5.56 Å². The molecule has 2 atom stereocenters. The number of pyridine rings is 2. The normalized spacial score (nSPS) is 19.7. The number of carbonyl (C=O) groups is 1. The smallest absolute Gasteiger partial charge is 0.433 e. The van der Waals surface area contributed by atoms with Gasteiger partial charge in [-0.3, -0.25) is 9.69 Å². The molecule has 1 spiro atoms. The molecule has 57 heavy (non-hydrogen) atoms. The standard InChI is InChI=1S/C41H42ClF3N8O4/c1-23-26(7-6-10-29(23)47-36-34-25(21-46-51(2)38(34)54)20-32(49-36)41(43,44)45)27-8-5-9-28(35(27)42)30-19-24-11-12-31(33(24)37(48-30)57-4)53-16-14-40(22-53)13-15-52(17-18-56-3)39(55)50-40/h5-10,19-21,31H,11-18,22H2,1-4H3,(H,47,49)(H,50,55)/t31-,40+/m0/s1. The Morgan fingerprint density at radius 2 is 1.79 bits per heavy atom. The van der Waals surface area contributed by atoms with Gasteiger partial charge in [0.05, 0.1) is 41.6 Å². The summed E-state index contributed by atoms with van der Waals surface area (Å²) in [6.45, 7) is 5.20. The number of carbonyl (C=O) groups excluding carboxylic acids is 1. The lowest BCUT2D eigenvalue weighted by molar-refractivity contribution is -0.141. The van der Waals surface area contributed by atoms with E-state index in [4.69, 9.17) is 26.1 Å². The van der Waals surface area contributed by atoms with Gasteiger partial charge in [-0.2, -0.15) is 18.3 Å². The number of hydrogen-bond acceptors (Lipinski definition) is 9. The van der Waals surface area contributed by atoms with Crippen molar-refractivity contribution in [3.63, 3.8) is 0 Å². The van der Waals surface area contributed by atoms with Crippen molar-refractivity contribution in [3.8, 4) is 28.3 Å². The van der Waals surface area contributed by atoms with E-state index in [1.54, 1.807) is 26.4 Å². The molecule has 298 valence electrons. The minimum absolute atomic E-state index is 0.0146. The third kappa shape index (κ3) is 7.06. The Morgan fingerprint density at radius 1 is 1.04 bits per heavy atom. The number of benzene rings is 2. The third-order valence-electron chi connectivity index (χ3n) is 11.6. The monoisotopic (exact) mass is 802 g/mol. The largest absolute Gasteiger partial charge is 0.481 e. The fourth-order valence-electron chi connectivity index (χ4n) is 8.57. The molecule has 3 aliphatic rings. The topological polar surface area (TPSA) is 127 Å². The number of hydrogen-bond donors (Lipinski definition) is 2. The summed E-state index contributed by atoms with van der Waals surface area (Å²) in [5, 5.41) is 10.7. The third-order valence-corrected chi connectivity index (χ3v) is 12.0. The summed E-state index contributed by atoms with van der Waals surface area (Å²) in [6.07, 6.45) is -0.0627. The first-order valence-electron chi connectivity index (χ1n) is 18.8. The minimum atomic E-state index is -4.75. The minimum Gasteiger partial charge on any atom is -0.481 e. The average molecular weight is 803 g/mol. The Morgan fingerprint density at radius 3 is 2.54 bits per heavy atom. The molecule has 12 nitrogen and oxygen atoms in total. The van der Waals surface area contributed by atoms with Gasteiger partial charge < -0.3 is 25.0 Å². The zero-order chi connectivity index (χ0) is 40.2. The highest BCUT2D eigenvalue weighted by atomic mass is 35.5. The second-order valence-electron chi connectivity index (χ2n) is 15.0. The maximum Gasteiger partial charge on any atom is 0.433 e. The van der Waals surface area contributed by atoms with Gasteiger partial charge in [0, 0.05) is 74.1 Å². The van der Waals surface area contributed by atoms with E-state index in [-0.39, 0.29) is 34.2 Å². The average Bonchev–Trinajstić information content (AvgIpc) is 3.80. The second-order valence-corrected chi connectivity index (χ2v) is 15.3. The molecule has 0 bridgehead atoms. The number of nitrogens with zero attached hydrogens (tertiary/aromatic N) is 6. The second kappa shape index (κ2) is 14.9. The number of anilines is 2. The predicted octanol–water partition coefficient (Wildman–Crippen LogP) is 7.28. The van der Waals surface area contributed by atoms with Crippen LogP contribution in [0.25, 0.3) is 33.2 Å². The fraction of sp³-hybridized carbons (Fsp3) is 0.390. The van der Waals surface area contributed by atoms with Crippen molar-refractivity contribution >= 4 is 39.9 Å². The molecule has 0 unspecified atom stereocenters. The van der Waals surface area contributed by atoms with E-state index in [0.717, 1.165) is 66.2 Å². The molecular weight excluding hydrogens is 761 g/mol. The summed E-state index contributed by atoms with van der Waals surface area (Å²) in [5.41, 5.74) is 4.09. The number of ether oxygens (including phenoxy) is 2. The van der Waals surface area contributed by atoms with E-state index < -0.39 is 17.4 Å². The van der Waals surface area contributed by atoms with Gasteiger partial charge in [0.15, 0.2) is 0 Å². The molecule has 16 heteroatoms. The first kappa shape index (κ1) is 38.6. The summed E-state index contributed by atoms with van der Waals surface area (Å²) < 4.78 is 53.9. The summed E-state index contributed by atoms with van der Waals surface area (Å²) >= 11 is 7.22. The number of methoxy groups -OCH3 is 2. The van der Waals surface area contributed by atoms with E-state index in [0.29, 0.717) is 58.7 Å². The van der Waals surface area contributed by atoms with Gasteiger partial charge in [-0.1, -0.05) is 41.9 Å². The maximum absolute atomic E-state index is 13.9. The van der Waals surface area contributed by atoms with Crippen LogP contribution in [0.1, 0.15) is 47.7 Å². The van der Waals surface area contributed by atoms with E-state index in [1.807, 2.05) is 36.1 Å². The van der Waals surface area contributed by atoms with Crippen LogP contribution < -0.4 is 20.9 Å². The highest BCUT2D eigenvalue weighted by Crippen LogP contribution is 2.47. The van der Waals surface area contributed by atoms with Crippen molar-refractivity contribution < 1.29 is 27.4 Å². The Balaban J connectivity index is 1.08. The molecule has 2 saturated heterocycles. The van der Waals surface area contributed by atoms with Gasteiger partial charge in [-0.15, -0.1) is 0 Å². The number of aryl methyl sites for hydroxylation is 2. The van der Waals surface area contributed by atoms with Gasteiger partial charge in [-0.25, -0.2) is 19.4 Å². The van der Waals surface area contributed by atoms with E-state index in [9.17, 15) is 22.8 Å². The number of fused-ring (bicyclic) bond motifs is 2. The van der Waals surface area contributed by atoms with Gasteiger partial charge in [-0.05, 0) is 67.5 Å². The molecule has 2 amide bonds. The first-order chi connectivity index (χ1) is 27.3. The summed E-state index contributed by atoms with van der Waals surface area (Å²) in [4.78, 5) is 39.2. The number of urea groups is 1. The number of likely N-dealkylation sites (tertiary alicyclic amines) is 1. The molecule has 5 aromatic rings. The van der Waals surface area contributed by atoms with Crippen molar-refractivity contribution in [2.75, 3.05) is 52.3 Å². The van der Waals surface area contributed by atoms with Gasteiger partial charge in [0.2, 0.25) is 5.88 Å². The number of nitrogens with one attached hydrogen (secondary N) is 2. The van der Waals surface area contributed by atoms with Crippen LogP contribution in [-0.4, -0.2) is 88.1 Å². The molecule has 8 rings (SSSR count). The van der Waals surface area contributed by atoms with Crippen LogP contribution in [0.15, 0.2) is 59.5 Å². The van der Waals surface area contributed by atoms with Crippen LogP contribution in [0, 0.1) is 6.92 Å². The molecule has 0 saturated carbocycles.